The van der Waals surface area contributed by atoms with Gasteiger partial charge in [-0.05, 0) is 11.6 Å². The van der Waals surface area contributed by atoms with Crippen LogP contribution in [-0.2, 0) is 16.1 Å². The van der Waals surface area contributed by atoms with Gasteiger partial charge >= 0.3 is 0 Å². The molecule has 0 spiro atoms. The van der Waals surface area contributed by atoms with Crippen LogP contribution in [0.4, 0.5) is 5.82 Å². The highest BCUT2D eigenvalue weighted by atomic mass is 35.5. The van der Waals surface area contributed by atoms with Crippen molar-refractivity contribution in [3.05, 3.63) is 11.0 Å². The van der Waals surface area contributed by atoms with E-state index in [9.17, 15) is 0 Å². The lowest BCUT2D eigenvalue weighted by atomic mass is 10.2. The summed E-state index contributed by atoms with van der Waals surface area (Å²) >= 11 is 5.96. The van der Waals surface area contributed by atoms with E-state index in [-0.39, 0.29) is 11.3 Å². The lowest BCUT2D eigenvalue weighted by Crippen LogP contribution is -2.51. The smallest absolute Gasteiger partial charge is 0.224 e. The molecule has 0 radical (unpaired) electrons. The molecular formula is C11H14ClN3O3. The number of hydrogen-bond donors (Lipinski definition) is 0. The Morgan fingerprint density at radius 1 is 1.44 bits per heavy atom. The molecule has 1 saturated heterocycles. The van der Waals surface area contributed by atoms with Crippen molar-refractivity contribution in [2.75, 3.05) is 38.4 Å². The zero-order chi connectivity index (χ0) is 12.5. The maximum Gasteiger partial charge on any atom is 0.224 e. The minimum Gasteiger partial charge on any atom is -0.486 e. The second-order valence-corrected chi connectivity index (χ2v) is 4.60. The highest BCUT2D eigenvalue weighted by Gasteiger charge is 2.33. The Morgan fingerprint density at radius 3 is 3.17 bits per heavy atom. The fourth-order valence-electron chi connectivity index (χ4n) is 2.28. The first kappa shape index (κ1) is 12.0. The molecule has 1 fully saturated rings. The van der Waals surface area contributed by atoms with E-state index in [1.165, 1.54) is 0 Å². The molecule has 1 unspecified atom stereocenters. The van der Waals surface area contributed by atoms with Gasteiger partial charge < -0.3 is 19.1 Å². The third-order valence-corrected chi connectivity index (χ3v) is 3.26. The summed E-state index contributed by atoms with van der Waals surface area (Å²) in [6, 6.07) is 0.201. The molecule has 0 aliphatic carbocycles. The van der Waals surface area contributed by atoms with Crippen molar-refractivity contribution in [2.45, 2.75) is 12.6 Å². The Hall–Kier alpha value is -1.11. The molecule has 0 amide bonds. The van der Waals surface area contributed by atoms with Crippen molar-refractivity contribution in [2.24, 2.45) is 0 Å². The minimum atomic E-state index is 0.201. The monoisotopic (exact) mass is 271 g/mol. The van der Waals surface area contributed by atoms with Crippen LogP contribution in [-0.4, -0.2) is 49.5 Å². The average Bonchev–Trinajstić information content (AvgIpc) is 2.39. The number of halogens is 1. The highest BCUT2D eigenvalue weighted by molar-refractivity contribution is 6.28. The number of nitrogens with zero attached hydrogens (tertiary/aromatic N) is 3. The average molecular weight is 272 g/mol. The summed E-state index contributed by atoms with van der Waals surface area (Å²) in [6.07, 6.45) is 0. The molecular weight excluding hydrogens is 258 g/mol. The van der Waals surface area contributed by atoms with Gasteiger partial charge in [0.05, 0.1) is 25.9 Å². The van der Waals surface area contributed by atoms with E-state index < -0.39 is 0 Å². The van der Waals surface area contributed by atoms with Gasteiger partial charge in [0.1, 0.15) is 12.3 Å². The van der Waals surface area contributed by atoms with Crippen LogP contribution in [0, 0.1) is 0 Å². The minimum absolute atomic E-state index is 0.201. The third-order valence-electron chi connectivity index (χ3n) is 3.09. The molecule has 0 bridgehead atoms. The molecule has 7 heteroatoms. The molecule has 1 atom stereocenters. The number of fused-ring (bicyclic) bond motifs is 3. The van der Waals surface area contributed by atoms with Crippen LogP contribution in [0.15, 0.2) is 0 Å². The summed E-state index contributed by atoms with van der Waals surface area (Å²) in [6.45, 7) is 3.08. The number of anilines is 1. The van der Waals surface area contributed by atoms with Crippen molar-refractivity contribution < 1.29 is 14.2 Å². The summed E-state index contributed by atoms with van der Waals surface area (Å²) in [7, 11) is 1.61. The first-order valence-corrected chi connectivity index (χ1v) is 6.20. The fraction of sp³-hybridized carbons (Fsp3) is 0.636. The molecule has 98 valence electrons. The van der Waals surface area contributed by atoms with Gasteiger partial charge in [-0.2, -0.15) is 4.98 Å². The first-order chi connectivity index (χ1) is 8.79. The van der Waals surface area contributed by atoms with E-state index in [2.05, 4.69) is 14.9 Å². The van der Waals surface area contributed by atoms with Crippen molar-refractivity contribution in [1.29, 1.82) is 0 Å². The van der Waals surface area contributed by atoms with Gasteiger partial charge in [-0.25, -0.2) is 4.98 Å². The van der Waals surface area contributed by atoms with Crippen molar-refractivity contribution in [1.82, 2.24) is 9.97 Å². The standard InChI is InChI=1S/C11H14ClN3O3/c1-16-6-8-9-10(14-11(12)13-8)15-2-3-17-4-7(15)5-18-9/h7H,2-6H2,1H3. The van der Waals surface area contributed by atoms with Gasteiger partial charge in [-0.3, -0.25) is 0 Å². The summed E-state index contributed by atoms with van der Waals surface area (Å²) in [4.78, 5) is 10.6. The van der Waals surface area contributed by atoms with E-state index in [1.807, 2.05) is 0 Å². The number of morpholine rings is 1. The van der Waals surface area contributed by atoms with Crippen LogP contribution >= 0.6 is 11.6 Å². The van der Waals surface area contributed by atoms with E-state index in [0.29, 0.717) is 37.9 Å². The van der Waals surface area contributed by atoms with Crippen LogP contribution < -0.4 is 9.64 Å². The van der Waals surface area contributed by atoms with Crippen LogP contribution in [0.5, 0.6) is 5.75 Å². The normalized spacial score (nSPS) is 22.1. The largest absolute Gasteiger partial charge is 0.486 e. The van der Waals surface area contributed by atoms with Crippen LogP contribution in [0.25, 0.3) is 0 Å². The summed E-state index contributed by atoms with van der Waals surface area (Å²) in [5.41, 5.74) is 0.692. The number of ether oxygens (including phenoxy) is 3. The van der Waals surface area contributed by atoms with E-state index in [1.54, 1.807) is 7.11 Å². The van der Waals surface area contributed by atoms with Gasteiger partial charge in [0.15, 0.2) is 11.6 Å². The second-order valence-electron chi connectivity index (χ2n) is 4.26. The van der Waals surface area contributed by atoms with E-state index in [0.717, 1.165) is 12.4 Å². The summed E-state index contributed by atoms with van der Waals surface area (Å²) in [5, 5.41) is 0.219. The molecule has 3 heterocycles. The van der Waals surface area contributed by atoms with Crippen molar-refractivity contribution in [3.8, 4) is 5.75 Å². The van der Waals surface area contributed by atoms with Crippen LogP contribution in [0.2, 0.25) is 5.28 Å². The molecule has 0 saturated carbocycles. The van der Waals surface area contributed by atoms with Crippen LogP contribution in [0.3, 0.4) is 0 Å². The molecule has 2 aliphatic rings. The molecule has 18 heavy (non-hydrogen) atoms. The van der Waals surface area contributed by atoms with Gasteiger partial charge in [-0.15, -0.1) is 0 Å². The SMILES string of the molecule is COCc1nc(Cl)nc2c1OCC1COCCN21. The Kier molecular flexibility index (Phi) is 3.23. The van der Waals surface area contributed by atoms with Crippen molar-refractivity contribution in [3.63, 3.8) is 0 Å². The quantitative estimate of drug-likeness (QED) is 0.744. The maximum absolute atomic E-state index is 5.96. The zero-order valence-corrected chi connectivity index (χ0v) is 10.8. The zero-order valence-electron chi connectivity index (χ0n) is 10.1. The number of aromatic nitrogens is 2. The topological polar surface area (TPSA) is 56.7 Å². The fourth-order valence-corrected chi connectivity index (χ4v) is 2.46. The third kappa shape index (κ3) is 2.00. The Bertz CT molecular complexity index is 457. The summed E-state index contributed by atoms with van der Waals surface area (Å²) < 4.78 is 16.3. The lowest BCUT2D eigenvalue weighted by Gasteiger charge is -2.40. The molecule has 0 aromatic carbocycles. The van der Waals surface area contributed by atoms with E-state index >= 15 is 0 Å². The predicted octanol–water partition coefficient (Wildman–Crippen LogP) is 0.874. The lowest BCUT2D eigenvalue weighted by molar-refractivity contribution is 0.0683. The predicted molar refractivity (Wildman–Crippen MR) is 65.2 cm³/mol. The summed E-state index contributed by atoms with van der Waals surface area (Å²) in [5.74, 6) is 1.43. The van der Waals surface area contributed by atoms with Crippen LogP contribution in [0.1, 0.15) is 5.69 Å². The Morgan fingerprint density at radius 2 is 2.33 bits per heavy atom. The van der Waals surface area contributed by atoms with Gasteiger partial charge in [-0.1, -0.05) is 0 Å². The second kappa shape index (κ2) is 4.87. The van der Waals surface area contributed by atoms with Gasteiger partial charge in [0.2, 0.25) is 5.28 Å². The number of rotatable bonds is 2. The van der Waals surface area contributed by atoms with Gasteiger partial charge in [0.25, 0.3) is 0 Å². The first-order valence-electron chi connectivity index (χ1n) is 5.82. The molecule has 1 aromatic heterocycles. The molecule has 6 nitrogen and oxygen atoms in total. The number of hydrogen-bond acceptors (Lipinski definition) is 6. The number of methoxy groups -OCH3 is 1. The Balaban J connectivity index is 2.02. The maximum atomic E-state index is 5.96. The molecule has 1 aromatic rings. The van der Waals surface area contributed by atoms with E-state index in [4.69, 9.17) is 25.8 Å². The Labute approximate surface area is 110 Å². The van der Waals surface area contributed by atoms with Gasteiger partial charge in [0, 0.05) is 13.7 Å². The highest BCUT2D eigenvalue weighted by Crippen LogP contribution is 2.36. The van der Waals surface area contributed by atoms with Crippen molar-refractivity contribution >= 4 is 17.4 Å². The molecule has 0 N–H and O–H groups in total. The molecule has 3 rings (SSSR count). The molecule has 2 aliphatic heterocycles.